The molecular weight excluding hydrogens is 88.1 g/mol. The van der Waals surface area contributed by atoms with Crippen LogP contribution in [0.1, 0.15) is 20.8 Å². The summed E-state index contributed by atoms with van der Waals surface area (Å²) >= 11 is 0. The number of carbonyl (C=O) groups excluding carboxylic acids is 1. The summed E-state index contributed by atoms with van der Waals surface area (Å²) in [6.45, 7) is 5.23. The quantitative estimate of drug-likeness (QED) is 0.455. The third-order valence-corrected chi connectivity index (χ3v) is 0.988. The number of hydrogen-bond donors (Lipinski definition) is 0. The predicted octanol–water partition coefficient (Wildman–Crippen LogP) is 1.54. The highest BCUT2D eigenvalue weighted by atomic mass is 16.1. The summed E-state index contributed by atoms with van der Waals surface area (Å²) in [4.78, 5) is 10.3. The van der Waals surface area contributed by atoms with Crippen molar-refractivity contribution in [3.63, 3.8) is 0 Å². The van der Waals surface area contributed by atoms with E-state index in [1.54, 1.807) is 6.92 Å². The van der Waals surface area contributed by atoms with Crippen molar-refractivity contribution >= 4 is 5.78 Å². The van der Waals surface area contributed by atoms with Gasteiger partial charge < -0.3 is 0 Å². The van der Waals surface area contributed by atoms with Crippen molar-refractivity contribution in [3.05, 3.63) is 11.6 Å². The van der Waals surface area contributed by atoms with E-state index in [1.807, 2.05) is 19.9 Å². The molecule has 0 saturated carbocycles. The van der Waals surface area contributed by atoms with E-state index in [0.29, 0.717) is 0 Å². The van der Waals surface area contributed by atoms with Crippen LogP contribution in [0.4, 0.5) is 0 Å². The fourth-order valence-electron chi connectivity index (χ4n) is 0.203. The number of Topliss-reactive ketones (excluding diaryl/α,β-unsaturated/α-hetero) is 1. The van der Waals surface area contributed by atoms with Crippen LogP contribution < -0.4 is 0 Å². The molecule has 0 N–H and O–H groups in total. The van der Waals surface area contributed by atoms with Gasteiger partial charge in [0.05, 0.1) is 0 Å². The van der Waals surface area contributed by atoms with E-state index in [-0.39, 0.29) is 5.78 Å². The molecule has 0 heterocycles. The largest absolute Gasteiger partial charge is 0.295 e. The van der Waals surface area contributed by atoms with Crippen molar-refractivity contribution in [2.24, 2.45) is 0 Å². The zero-order valence-electron chi connectivity index (χ0n) is 4.99. The monoisotopic (exact) mass is 98.1 g/mol. The summed E-state index contributed by atoms with van der Waals surface area (Å²) in [5.41, 5.74) is 0.833. The van der Waals surface area contributed by atoms with E-state index in [0.717, 1.165) is 5.57 Å². The number of allylic oxidation sites excluding steroid dienone is 2. The normalized spacial score (nSPS) is 11.6. The Morgan fingerprint density at radius 1 is 1.43 bits per heavy atom. The van der Waals surface area contributed by atoms with Crippen LogP contribution in [0.2, 0.25) is 0 Å². The van der Waals surface area contributed by atoms with Gasteiger partial charge in [-0.05, 0) is 26.3 Å². The van der Waals surface area contributed by atoms with Crippen LogP contribution in [-0.4, -0.2) is 5.78 Å². The summed E-state index contributed by atoms with van der Waals surface area (Å²) in [7, 11) is 0. The van der Waals surface area contributed by atoms with Gasteiger partial charge in [0.2, 0.25) is 0 Å². The van der Waals surface area contributed by atoms with Gasteiger partial charge in [-0.3, -0.25) is 4.79 Å². The zero-order chi connectivity index (χ0) is 5.86. The van der Waals surface area contributed by atoms with Crippen molar-refractivity contribution in [3.8, 4) is 0 Å². The molecule has 0 rings (SSSR count). The molecule has 0 aromatic rings. The van der Waals surface area contributed by atoms with Gasteiger partial charge >= 0.3 is 0 Å². The van der Waals surface area contributed by atoms with Crippen molar-refractivity contribution in [2.45, 2.75) is 20.8 Å². The second-order valence-corrected chi connectivity index (χ2v) is 1.53. The topological polar surface area (TPSA) is 17.1 Å². The molecule has 0 fully saturated rings. The summed E-state index contributed by atoms with van der Waals surface area (Å²) in [6, 6.07) is 0. The third-order valence-electron chi connectivity index (χ3n) is 0.988. The van der Waals surface area contributed by atoms with Gasteiger partial charge in [0.25, 0.3) is 0 Å². The van der Waals surface area contributed by atoms with E-state index in [2.05, 4.69) is 0 Å². The average molecular weight is 98.1 g/mol. The first-order valence-electron chi connectivity index (χ1n) is 2.32. The van der Waals surface area contributed by atoms with Gasteiger partial charge in [-0.25, -0.2) is 0 Å². The van der Waals surface area contributed by atoms with Gasteiger partial charge in [-0.15, -0.1) is 0 Å². The molecule has 1 nitrogen and oxygen atoms in total. The molecule has 0 atom stereocenters. The predicted molar refractivity (Wildman–Crippen MR) is 30.1 cm³/mol. The molecule has 0 saturated heterocycles. The van der Waals surface area contributed by atoms with Crippen LogP contribution in [0.5, 0.6) is 0 Å². The van der Waals surface area contributed by atoms with Gasteiger partial charge in [0.15, 0.2) is 5.78 Å². The van der Waals surface area contributed by atoms with Crippen LogP contribution in [0.15, 0.2) is 11.6 Å². The Hall–Kier alpha value is -0.590. The minimum atomic E-state index is 0.155. The van der Waals surface area contributed by atoms with Crippen LogP contribution in [0.3, 0.4) is 0 Å². The standard InChI is InChI=1S/C6H10O/c1-4-5(2)6(3)7/h4H,1-3H3/b5-4-. The molecule has 0 aromatic carbocycles. The lowest BCUT2D eigenvalue weighted by atomic mass is 10.2. The number of hydrogen-bond acceptors (Lipinski definition) is 1. The Morgan fingerprint density at radius 3 is 1.86 bits per heavy atom. The fraction of sp³-hybridized carbons (Fsp3) is 0.500. The van der Waals surface area contributed by atoms with Crippen molar-refractivity contribution in [1.82, 2.24) is 0 Å². The minimum absolute atomic E-state index is 0.155. The average Bonchev–Trinajstić information content (AvgIpc) is 1.65. The van der Waals surface area contributed by atoms with Gasteiger partial charge in [-0.2, -0.15) is 0 Å². The number of rotatable bonds is 1. The zero-order valence-corrected chi connectivity index (χ0v) is 4.99. The first-order chi connectivity index (χ1) is 3.18. The van der Waals surface area contributed by atoms with Crippen molar-refractivity contribution < 1.29 is 4.79 Å². The second-order valence-electron chi connectivity index (χ2n) is 1.53. The molecule has 0 aromatic heterocycles. The maximum atomic E-state index is 10.3. The van der Waals surface area contributed by atoms with Crippen LogP contribution in [-0.2, 0) is 4.79 Å². The Bertz CT molecular complexity index is 101. The van der Waals surface area contributed by atoms with Gasteiger partial charge in [0, 0.05) is 0 Å². The first-order valence-corrected chi connectivity index (χ1v) is 2.32. The number of carbonyl (C=O) groups is 1. The third kappa shape index (κ3) is 2.15. The molecule has 0 aliphatic carbocycles. The molecule has 0 aliphatic rings. The van der Waals surface area contributed by atoms with Crippen LogP contribution >= 0.6 is 0 Å². The molecule has 40 valence electrons. The highest BCUT2D eigenvalue weighted by Crippen LogP contribution is 1.90. The van der Waals surface area contributed by atoms with Crippen LogP contribution in [0, 0.1) is 0 Å². The summed E-state index contributed by atoms with van der Waals surface area (Å²) in [6.07, 6.45) is 1.81. The molecule has 0 amide bonds. The Labute approximate surface area is 44.0 Å². The lowest BCUT2D eigenvalue weighted by Gasteiger charge is -1.85. The maximum absolute atomic E-state index is 10.3. The molecule has 0 bridgehead atoms. The van der Waals surface area contributed by atoms with E-state index < -0.39 is 0 Å². The van der Waals surface area contributed by atoms with E-state index in [9.17, 15) is 4.79 Å². The first kappa shape index (κ1) is 6.41. The smallest absolute Gasteiger partial charge is 0.155 e. The molecule has 0 spiro atoms. The lowest BCUT2D eigenvalue weighted by molar-refractivity contribution is -0.113. The Kier molecular flexibility index (Phi) is 2.34. The van der Waals surface area contributed by atoms with Gasteiger partial charge in [-0.1, -0.05) is 6.08 Å². The maximum Gasteiger partial charge on any atom is 0.155 e. The second kappa shape index (κ2) is 2.56. The summed E-state index contributed by atoms with van der Waals surface area (Å²) in [5.74, 6) is 0.155. The molecule has 1 heteroatoms. The Balaban J connectivity index is 3.82. The van der Waals surface area contributed by atoms with Crippen molar-refractivity contribution in [1.29, 1.82) is 0 Å². The molecule has 0 radical (unpaired) electrons. The fourth-order valence-corrected chi connectivity index (χ4v) is 0.203. The SMILES string of the molecule is C/C=C(/C)C(C)=O. The van der Waals surface area contributed by atoms with E-state index in [1.165, 1.54) is 0 Å². The molecular formula is C6H10O. The lowest BCUT2D eigenvalue weighted by Crippen LogP contribution is -1.88. The van der Waals surface area contributed by atoms with E-state index >= 15 is 0 Å². The summed E-state index contributed by atoms with van der Waals surface area (Å²) in [5, 5.41) is 0. The summed E-state index contributed by atoms with van der Waals surface area (Å²) < 4.78 is 0. The molecule has 7 heavy (non-hydrogen) atoms. The van der Waals surface area contributed by atoms with Crippen molar-refractivity contribution in [2.75, 3.05) is 0 Å². The molecule has 0 aliphatic heterocycles. The highest BCUT2D eigenvalue weighted by Gasteiger charge is 1.89. The van der Waals surface area contributed by atoms with Gasteiger partial charge in [0.1, 0.15) is 0 Å². The number of ketones is 1. The van der Waals surface area contributed by atoms with E-state index in [4.69, 9.17) is 0 Å². The minimum Gasteiger partial charge on any atom is -0.295 e. The Morgan fingerprint density at radius 2 is 1.86 bits per heavy atom. The molecule has 0 unspecified atom stereocenters. The van der Waals surface area contributed by atoms with Crippen LogP contribution in [0.25, 0.3) is 0 Å². The highest BCUT2D eigenvalue weighted by molar-refractivity contribution is 5.92.